The van der Waals surface area contributed by atoms with E-state index in [4.69, 9.17) is 9.47 Å². The second-order valence-corrected chi connectivity index (χ2v) is 2.83. The molecule has 0 saturated heterocycles. The zero-order valence-corrected chi connectivity index (χ0v) is 8.71. The fraction of sp³-hybridized carbons (Fsp3) is 0.455. The largest absolute Gasteiger partial charge is 0.486 e. The Bertz CT molecular complexity index is 299. The van der Waals surface area contributed by atoms with Crippen molar-refractivity contribution in [2.75, 3.05) is 6.61 Å². The maximum absolute atomic E-state index is 12.7. The van der Waals surface area contributed by atoms with E-state index < -0.39 is 0 Å². The fourth-order valence-corrected chi connectivity index (χ4v) is 1.15. The monoisotopic (exact) mass is 198 g/mol. The predicted octanol–water partition coefficient (Wildman–Crippen LogP) is 3.01. The van der Waals surface area contributed by atoms with E-state index in [1.54, 1.807) is 6.07 Å². The van der Waals surface area contributed by atoms with Gasteiger partial charge in [0, 0.05) is 6.07 Å². The van der Waals surface area contributed by atoms with Gasteiger partial charge in [0.15, 0.2) is 11.5 Å². The van der Waals surface area contributed by atoms with E-state index in [1.165, 1.54) is 12.1 Å². The molecule has 0 spiro atoms. The summed E-state index contributed by atoms with van der Waals surface area (Å²) >= 11 is 0. The first-order chi connectivity index (χ1) is 6.75. The maximum atomic E-state index is 12.7. The molecule has 14 heavy (non-hydrogen) atoms. The molecule has 0 fully saturated rings. The van der Waals surface area contributed by atoms with Crippen molar-refractivity contribution < 1.29 is 13.9 Å². The topological polar surface area (TPSA) is 18.5 Å². The molecular weight excluding hydrogens is 183 g/mol. The van der Waals surface area contributed by atoms with Gasteiger partial charge in [-0.1, -0.05) is 13.8 Å². The molecular formula is C11H15FO2. The van der Waals surface area contributed by atoms with Gasteiger partial charge in [-0.25, -0.2) is 4.39 Å². The summed E-state index contributed by atoms with van der Waals surface area (Å²) in [5.74, 6) is 0.815. The van der Waals surface area contributed by atoms with Crippen LogP contribution in [0.1, 0.15) is 20.8 Å². The van der Waals surface area contributed by atoms with Crippen LogP contribution in [-0.4, -0.2) is 12.7 Å². The number of hydrogen-bond acceptors (Lipinski definition) is 2. The van der Waals surface area contributed by atoms with Crippen molar-refractivity contribution in [3.8, 4) is 11.5 Å². The summed E-state index contributed by atoms with van der Waals surface area (Å²) in [7, 11) is 0. The molecule has 0 radical (unpaired) electrons. The highest BCUT2D eigenvalue weighted by Crippen LogP contribution is 2.31. The van der Waals surface area contributed by atoms with E-state index >= 15 is 0 Å². The van der Waals surface area contributed by atoms with Gasteiger partial charge in [0.2, 0.25) is 0 Å². The molecule has 1 atom stereocenters. The van der Waals surface area contributed by atoms with Crippen molar-refractivity contribution >= 4 is 0 Å². The van der Waals surface area contributed by atoms with E-state index in [-0.39, 0.29) is 11.9 Å². The van der Waals surface area contributed by atoms with Gasteiger partial charge < -0.3 is 9.47 Å². The lowest BCUT2D eigenvalue weighted by molar-refractivity contribution is 0.103. The Morgan fingerprint density at radius 1 is 1.29 bits per heavy atom. The molecule has 1 aliphatic heterocycles. The third-order valence-corrected chi connectivity index (χ3v) is 1.71. The van der Waals surface area contributed by atoms with Gasteiger partial charge in [0.1, 0.15) is 18.5 Å². The number of hydrogen-bond donors (Lipinski definition) is 0. The third-order valence-electron chi connectivity index (χ3n) is 1.71. The van der Waals surface area contributed by atoms with Crippen molar-refractivity contribution in [3.63, 3.8) is 0 Å². The molecule has 1 aromatic carbocycles. The Morgan fingerprint density at radius 2 is 2.00 bits per heavy atom. The SMILES string of the molecule is CC.CC1COc2ccc(F)cc2O1. The Morgan fingerprint density at radius 3 is 2.71 bits per heavy atom. The summed E-state index contributed by atoms with van der Waals surface area (Å²) < 4.78 is 23.3. The third kappa shape index (κ3) is 2.37. The van der Waals surface area contributed by atoms with Gasteiger partial charge in [-0.2, -0.15) is 0 Å². The number of halogens is 1. The molecule has 2 rings (SSSR count). The van der Waals surface area contributed by atoms with Crippen LogP contribution in [0.2, 0.25) is 0 Å². The Labute approximate surface area is 83.6 Å². The van der Waals surface area contributed by atoms with Gasteiger partial charge in [0.05, 0.1) is 0 Å². The molecule has 1 aromatic rings. The van der Waals surface area contributed by atoms with E-state index in [1.807, 2.05) is 20.8 Å². The molecule has 0 saturated carbocycles. The minimum Gasteiger partial charge on any atom is -0.486 e. The zero-order chi connectivity index (χ0) is 10.6. The summed E-state index contributed by atoms with van der Waals surface area (Å²) in [6.45, 7) is 6.41. The Hall–Kier alpha value is -1.25. The van der Waals surface area contributed by atoms with Gasteiger partial charge in [-0.3, -0.25) is 0 Å². The smallest absolute Gasteiger partial charge is 0.164 e. The molecule has 3 heteroatoms. The lowest BCUT2D eigenvalue weighted by atomic mass is 10.2. The van der Waals surface area contributed by atoms with Crippen molar-refractivity contribution in [2.45, 2.75) is 26.9 Å². The number of fused-ring (bicyclic) bond motifs is 1. The second kappa shape index (κ2) is 4.84. The molecule has 0 N–H and O–H groups in total. The van der Waals surface area contributed by atoms with Crippen LogP contribution >= 0.6 is 0 Å². The van der Waals surface area contributed by atoms with Crippen LogP contribution in [-0.2, 0) is 0 Å². The Kier molecular flexibility index (Phi) is 3.74. The molecule has 78 valence electrons. The van der Waals surface area contributed by atoms with Crippen molar-refractivity contribution in [1.29, 1.82) is 0 Å². The lowest BCUT2D eigenvalue weighted by Gasteiger charge is -2.23. The average molecular weight is 198 g/mol. The predicted molar refractivity (Wildman–Crippen MR) is 53.3 cm³/mol. The van der Waals surface area contributed by atoms with Crippen molar-refractivity contribution in [1.82, 2.24) is 0 Å². The van der Waals surface area contributed by atoms with Crippen molar-refractivity contribution in [3.05, 3.63) is 24.0 Å². The fourth-order valence-electron chi connectivity index (χ4n) is 1.15. The molecule has 0 bridgehead atoms. The second-order valence-electron chi connectivity index (χ2n) is 2.83. The standard InChI is InChI=1S/C9H9FO2.C2H6/c1-6-5-11-8-3-2-7(10)4-9(8)12-6;1-2/h2-4,6H,5H2,1H3;1-2H3. The summed E-state index contributed by atoms with van der Waals surface area (Å²) in [5, 5.41) is 0. The zero-order valence-electron chi connectivity index (χ0n) is 8.71. The van der Waals surface area contributed by atoms with E-state index in [2.05, 4.69) is 0 Å². The van der Waals surface area contributed by atoms with Gasteiger partial charge >= 0.3 is 0 Å². The first-order valence-corrected chi connectivity index (χ1v) is 4.85. The normalized spacial score (nSPS) is 18.1. The van der Waals surface area contributed by atoms with Crippen LogP contribution < -0.4 is 9.47 Å². The van der Waals surface area contributed by atoms with Crippen LogP contribution in [0.25, 0.3) is 0 Å². The highest BCUT2D eigenvalue weighted by atomic mass is 19.1. The highest BCUT2D eigenvalue weighted by Gasteiger charge is 2.16. The number of rotatable bonds is 0. The molecule has 0 aromatic heterocycles. The maximum Gasteiger partial charge on any atom is 0.164 e. The molecule has 0 aliphatic carbocycles. The molecule has 1 unspecified atom stereocenters. The van der Waals surface area contributed by atoms with E-state index in [0.717, 1.165) is 0 Å². The first-order valence-electron chi connectivity index (χ1n) is 4.85. The van der Waals surface area contributed by atoms with Gasteiger partial charge in [-0.15, -0.1) is 0 Å². The minimum atomic E-state index is -0.300. The van der Waals surface area contributed by atoms with Crippen LogP contribution in [0.5, 0.6) is 11.5 Å². The first kappa shape index (κ1) is 10.8. The number of benzene rings is 1. The molecule has 2 nitrogen and oxygen atoms in total. The van der Waals surface area contributed by atoms with Crippen LogP contribution in [0, 0.1) is 5.82 Å². The van der Waals surface area contributed by atoms with Crippen LogP contribution in [0.4, 0.5) is 4.39 Å². The van der Waals surface area contributed by atoms with Crippen LogP contribution in [0.3, 0.4) is 0 Å². The summed E-state index contributed by atoms with van der Waals surface area (Å²) in [4.78, 5) is 0. The minimum absolute atomic E-state index is 0.000648. The Balaban J connectivity index is 0.000000461. The molecule has 1 heterocycles. The van der Waals surface area contributed by atoms with E-state index in [0.29, 0.717) is 18.1 Å². The van der Waals surface area contributed by atoms with Gasteiger partial charge in [0.25, 0.3) is 0 Å². The van der Waals surface area contributed by atoms with Crippen LogP contribution in [0.15, 0.2) is 18.2 Å². The number of ether oxygens (including phenoxy) is 2. The summed E-state index contributed by atoms with van der Waals surface area (Å²) in [5.41, 5.74) is 0. The van der Waals surface area contributed by atoms with Crippen molar-refractivity contribution in [2.24, 2.45) is 0 Å². The quantitative estimate of drug-likeness (QED) is 0.638. The molecule has 1 aliphatic rings. The summed E-state index contributed by atoms with van der Waals surface area (Å²) in [6.07, 6.45) is -0.000648. The molecule has 0 amide bonds. The van der Waals surface area contributed by atoms with Gasteiger partial charge in [-0.05, 0) is 19.1 Å². The van der Waals surface area contributed by atoms with E-state index in [9.17, 15) is 4.39 Å². The highest BCUT2D eigenvalue weighted by molar-refractivity contribution is 5.41. The summed E-state index contributed by atoms with van der Waals surface area (Å²) in [6, 6.07) is 4.28. The lowest BCUT2D eigenvalue weighted by Crippen LogP contribution is -2.25. The average Bonchev–Trinajstić information content (AvgIpc) is 2.20.